The largest absolute Gasteiger partial charge is 0.486 e. The molecule has 1 aliphatic heterocycles. The summed E-state index contributed by atoms with van der Waals surface area (Å²) in [6.45, 7) is 0.772. The van der Waals surface area contributed by atoms with Gasteiger partial charge in [0.25, 0.3) is 10.0 Å². The number of carbonyl (C=O) groups excluding carboxylic acids is 1. The molecular weight excluding hydrogens is 378 g/mol. The average Bonchev–Trinajstić information content (AvgIpc) is 3.42. The second kappa shape index (κ2) is 6.48. The van der Waals surface area contributed by atoms with E-state index >= 15 is 0 Å². The van der Waals surface area contributed by atoms with Crippen LogP contribution in [-0.2, 0) is 14.8 Å². The van der Waals surface area contributed by atoms with Crippen LogP contribution in [0.15, 0.2) is 47.4 Å². The van der Waals surface area contributed by atoms with Crippen LogP contribution in [0.4, 0.5) is 0 Å². The third-order valence-electron chi connectivity index (χ3n) is 4.46. The maximum absolute atomic E-state index is 12.5. The van der Waals surface area contributed by atoms with Crippen molar-refractivity contribution in [1.82, 2.24) is 4.72 Å². The molecule has 1 fully saturated rings. The lowest BCUT2D eigenvalue weighted by Gasteiger charge is -2.18. The van der Waals surface area contributed by atoms with Gasteiger partial charge in [-0.15, -0.1) is 0 Å². The van der Waals surface area contributed by atoms with Crippen molar-refractivity contribution in [2.45, 2.75) is 17.2 Å². The molecule has 0 aromatic heterocycles. The quantitative estimate of drug-likeness (QED) is 0.863. The number of hydrogen-bond acceptors (Lipinski definition) is 5. The lowest BCUT2D eigenvalue weighted by atomic mass is 10.1. The predicted molar refractivity (Wildman–Crippen MR) is 95.1 cm³/mol. The van der Waals surface area contributed by atoms with Crippen molar-refractivity contribution in [1.29, 1.82) is 0 Å². The van der Waals surface area contributed by atoms with Gasteiger partial charge in [0.1, 0.15) is 13.2 Å². The number of rotatable bonds is 4. The monoisotopic (exact) mass is 393 g/mol. The molecule has 1 amide bonds. The Kier molecular flexibility index (Phi) is 4.28. The van der Waals surface area contributed by atoms with Crippen molar-refractivity contribution in [3.05, 3.63) is 53.1 Å². The lowest BCUT2D eigenvalue weighted by molar-refractivity contribution is -0.120. The van der Waals surface area contributed by atoms with E-state index in [9.17, 15) is 13.2 Å². The van der Waals surface area contributed by atoms with Crippen LogP contribution in [-0.4, -0.2) is 27.5 Å². The molecular formula is C18H16ClNO5S. The molecule has 1 saturated carbocycles. The Labute approximate surface area is 156 Å². The highest BCUT2D eigenvalue weighted by atomic mass is 35.5. The zero-order chi connectivity index (χ0) is 18.3. The molecule has 2 atom stereocenters. The molecule has 1 heterocycles. The van der Waals surface area contributed by atoms with Crippen LogP contribution in [0.3, 0.4) is 0 Å². The van der Waals surface area contributed by atoms with E-state index < -0.39 is 15.9 Å². The first-order chi connectivity index (χ1) is 12.4. The summed E-state index contributed by atoms with van der Waals surface area (Å²) >= 11 is 5.97. The van der Waals surface area contributed by atoms with Gasteiger partial charge in [0.2, 0.25) is 5.91 Å². The average molecular weight is 394 g/mol. The maximum Gasteiger partial charge on any atom is 0.264 e. The number of benzene rings is 2. The summed E-state index contributed by atoms with van der Waals surface area (Å²) in [6, 6.07) is 11.6. The number of halogens is 1. The highest BCUT2D eigenvalue weighted by molar-refractivity contribution is 7.90. The molecule has 2 aliphatic rings. The zero-order valence-corrected chi connectivity index (χ0v) is 15.2. The topological polar surface area (TPSA) is 81.7 Å². The second-order valence-corrected chi connectivity index (χ2v) is 8.40. The van der Waals surface area contributed by atoms with Crippen LogP contribution in [0.2, 0.25) is 5.02 Å². The predicted octanol–water partition coefficient (Wildman–Crippen LogP) is 2.72. The van der Waals surface area contributed by atoms with Crippen molar-refractivity contribution < 1.29 is 22.7 Å². The van der Waals surface area contributed by atoms with Gasteiger partial charge in [-0.1, -0.05) is 23.7 Å². The molecule has 2 unspecified atom stereocenters. The van der Waals surface area contributed by atoms with E-state index in [4.69, 9.17) is 21.1 Å². The third kappa shape index (κ3) is 3.37. The summed E-state index contributed by atoms with van der Waals surface area (Å²) in [4.78, 5) is 12.3. The smallest absolute Gasteiger partial charge is 0.264 e. The van der Waals surface area contributed by atoms with E-state index in [1.54, 1.807) is 12.1 Å². The minimum atomic E-state index is -3.97. The van der Waals surface area contributed by atoms with Gasteiger partial charge in [-0.2, -0.15) is 0 Å². The summed E-state index contributed by atoms with van der Waals surface area (Å²) in [5, 5.41) is 0.595. The van der Waals surface area contributed by atoms with Gasteiger partial charge < -0.3 is 9.47 Å². The number of carbonyl (C=O) groups is 1. The first-order valence-electron chi connectivity index (χ1n) is 8.16. The number of hydrogen-bond donors (Lipinski definition) is 1. The lowest BCUT2D eigenvalue weighted by Crippen LogP contribution is -2.32. The minimum absolute atomic E-state index is 0.0100. The fourth-order valence-electron chi connectivity index (χ4n) is 3.05. The van der Waals surface area contributed by atoms with Crippen LogP contribution in [0.25, 0.3) is 0 Å². The van der Waals surface area contributed by atoms with E-state index in [1.807, 2.05) is 12.1 Å². The van der Waals surface area contributed by atoms with Gasteiger partial charge in [0, 0.05) is 17.0 Å². The molecule has 0 spiro atoms. The Morgan fingerprint density at radius 1 is 1.08 bits per heavy atom. The van der Waals surface area contributed by atoms with Crippen molar-refractivity contribution in [3.8, 4) is 11.5 Å². The first kappa shape index (κ1) is 17.2. The minimum Gasteiger partial charge on any atom is -0.486 e. The van der Waals surface area contributed by atoms with Gasteiger partial charge in [-0.05, 0) is 42.2 Å². The normalized spacial score (nSPS) is 21.1. The van der Waals surface area contributed by atoms with Gasteiger partial charge in [-0.25, -0.2) is 13.1 Å². The van der Waals surface area contributed by atoms with E-state index in [1.165, 1.54) is 18.2 Å². The van der Waals surface area contributed by atoms with E-state index in [-0.39, 0.29) is 16.7 Å². The van der Waals surface area contributed by atoms with Gasteiger partial charge in [0.05, 0.1) is 4.90 Å². The number of ether oxygens (including phenoxy) is 2. The molecule has 136 valence electrons. The Balaban J connectivity index is 1.47. The Bertz CT molecular complexity index is 975. The summed E-state index contributed by atoms with van der Waals surface area (Å²) < 4.78 is 37.9. The van der Waals surface area contributed by atoms with E-state index in [0.717, 1.165) is 5.56 Å². The SMILES string of the molecule is O=C(NS(=O)(=O)c1ccc2c(c1)OCCO2)C1CC1c1cccc(Cl)c1. The summed E-state index contributed by atoms with van der Waals surface area (Å²) in [5.74, 6) is -0.0472. The van der Waals surface area contributed by atoms with Gasteiger partial charge in [0.15, 0.2) is 11.5 Å². The number of sulfonamides is 1. The van der Waals surface area contributed by atoms with Crippen molar-refractivity contribution in [2.75, 3.05) is 13.2 Å². The van der Waals surface area contributed by atoms with Crippen LogP contribution in [0.5, 0.6) is 11.5 Å². The Morgan fingerprint density at radius 2 is 1.85 bits per heavy atom. The van der Waals surface area contributed by atoms with Crippen molar-refractivity contribution in [3.63, 3.8) is 0 Å². The fourth-order valence-corrected chi connectivity index (χ4v) is 4.29. The maximum atomic E-state index is 12.5. The van der Waals surface area contributed by atoms with Gasteiger partial charge in [-0.3, -0.25) is 4.79 Å². The zero-order valence-electron chi connectivity index (χ0n) is 13.6. The molecule has 1 aliphatic carbocycles. The van der Waals surface area contributed by atoms with Crippen molar-refractivity contribution in [2.24, 2.45) is 5.92 Å². The number of fused-ring (bicyclic) bond motifs is 1. The van der Waals surface area contributed by atoms with Crippen LogP contribution < -0.4 is 14.2 Å². The van der Waals surface area contributed by atoms with Crippen LogP contribution in [0, 0.1) is 5.92 Å². The summed E-state index contributed by atoms with van der Waals surface area (Å²) in [7, 11) is -3.97. The third-order valence-corrected chi connectivity index (χ3v) is 6.04. The molecule has 0 saturated heterocycles. The molecule has 4 rings (SSSR count). The van der Waals surface area contributed by atoms with E-state index in [0.29, 0.717) is 36.2 Å². The first-order valence-corrected chi connectivity index (χ1v) is 10.0. The highest BCUT2D eigenvalue weighted by Gasteiger charge is 2.45. The fraction of sp³-hybridized carbons (Fsp3) is 0.278. The molecule has 2 aromatic rings. The molecule has 6 nitrogen and oxygen atoms in total. The van der Waals surface area contributed by atoms with E-state index in [2.05, 4.69) is 4.72 Å². The van der Waals surface area contributed by atoms with Gasteiger partial charge >= 0.3 is 0 Å². The van der Waals surface area contributed by atoms with Crippen LogP contribution in [0.1, 0.15) is 17.9 Å². The molecule has 1 N–H and O–H groups in total. The molecule has 0 radical (unpaired) electrons. The Hall–Kier alpha value is -2.25. The standard InChI is InChI=1S/C18H16ClNO5S/c19-12-3-1-2-11(8-12)14-10-15(14)18(21)20-26(22,23)13-4-5-16-17(9-13)25-7-6-24-16/h1-5,8-9,14-15H,6-7,10H2,(H,20,21). The van der Waals surface area contributed by atoms with Crippen molar-refractivity contribution >= 4 is 27.5 Å². The summed E-state index contributed by atoms with van der Waals surface area (Å²) in [5.41, 5.74) is 0.939. The number of nitrogens with one attached hydrogen (secondary N) is 1. The molecule has 26 heavy (non-hydrogen) atoms. The summed E-state index contributed by atoms with van der Waals surface area (Å²) in [6.07, 6.45) is 0.600. The highest BCUT2D eigenvalue weighted by Crippen LogP contribution is 2.48. The van der Waals surface area contributed by atoms with Crippen LogP contribution >= 0.6 is 11.6 Å². The molecule has 2 aromatic carbocycles. The second-order valence-electron chi connectivity index (χ2n) is 6.28. The Morgan fingerprint density at radius 3 is 2.62 bits per heavy atom. The number of amides is 1. The molecule has 8 heteroatoms. The molecule has 0 bridgehead atoms.